The van der Waals surface area contributed by atoms with Crippen molar-refractivity contribution in [2.45, 2.75) is 219 Å². The number of rotatable bonds is 33. The van der Waals surface area contributed by atoms with Gasteiger partial charge in [-0.2, -0.15) is 0 Å². The summed E-state index contributed by atoms with van der Waals surface area (Å²) in [4.78, 5) is 11.8. The summed E-state index contributed by atoms with van der Waals surface area (Å²) in [6.07, 6.45) is 43.3. The van der Waals surface area contributed by atoms with Crippen molar-refractivity contribution in [3.8, 4) is 0 Å². The number of unbranched alkanes of at least 4 members (excludes halogenated alkanes) is 29. The average Bonchev–Trinajstić information content (AvgIpc) is 2.92. The van der Waals surface area contributed by atoms with Gasteiger partial charge in [-0.3, -0.25) is 4.79 Å². The molecule has 0 unspecified atom stereocenters. The average molecular weight is 537 g/mol. The Morgan fingerprint density at radius 2 is 0.579 bits per heavy atom. The van der Waals surface area contributed by atoms with Gasteiger partial charge in [0.2, 0.25) is 0 Å². The van der Waals surface area contributed by atoms with Crippen LogP contribution >= 0.6 is 0 Å². The molecule has 0 aliphatic rings. The largest absolute Gasteiger partial charge is 0.466 e. The normalized spacial score (nSPS) is 11.3. The molecule has 0 spiro atoms. The molecule has 0 aromatic rings. The first kappa shape index (κ1) is 37.5. The molecule has 38 heavy (non-hydrogen) atoms. The van der Waals surface area contributed by atoms with Gasteiger partial charge in [-0.15, -0.1) is 0 Å². The highest BCUT2D eigenvalue weighted by molar-refractivity contribution is 5.69. The van der Waals surface area contributed by atoms with Gasteiger partial charge in [0.1, 0.15) is 0 Å². The Hall–Kier alpha value is -0.530. The highest BCUT2D eigenvalue weighted by Crippen LogP contribution is 2.16. The third kappa shape index (κ3) is 33.5. The second-order valence-electron chi connectivity index (χ2n) is 12.2. The predicted octanol–water partition coefficient (Wildman–Crippen LogP) is 13.1. The Morgan fingerprint density at radius 3 is 0.868 bits per heavy atom. The van der Waals surface area contributed by atoms with E-state index in [0.717, 1.165) is 12.8 Å². The van der Waals surface area contributed by atoms with Crippen LogP contribution in [0.3, 0.4) is 0 Å². The summed E-state index contributed by atoms with van der Waals surface area (Å²) in [5.41, 5.74) is 0. The zero-order valence-electron chi connectivity index (χ0n) is 26.7. The minimum absolute atomic E-state index is 0.0210. The molecule has 0 saturated heterocycles. The Balaban J connectivity index is 3.10. The van der Waals surface area contributed by atoms with Gasteiger partial charge in [0, 0.05) is 6.42 Å². The molecular weight excluding hydrogens is 464 g/mol. The standard InChI is InChI=1S/C36H72O2/c1-3-5-7-9-11-12-13-14-15-16-17-18-19-20-21-22-23-24-25-26-27-28-29-30-32-34-36(37)38-35-33-31-10-8-6-4-2/h3-35H2,1-2H3. The van der Waals surface area contributed by atoms with Crippen molar-refractivity contribution >= 4 is 5.97 Å². The van der Waals surface area contributed by atoms with Crippen LogP contribution in [0, 0.1) is 0 Å². The molecule has 2 heteroatoms. The van der Waals surface area contributed by atoms with Gasteiger partial charge >= 0.3 is 5.97 Å². The minimum Gasteiger partial charge on any atom is -0.466 e. The van der Waals surface area contributed by atoms with Crippen molar-refractivity contribution in [2.24, 2.45) is 0 Å². The molecule has 228 valence electrons. The molecule has 0 aromatic heterocycles. The Labute approximate surface area is 241 Å². The molecule has 0 bridgehead atoms. The van der Waals surface area contributed by atoms with Crippen molar-refractivity contribution < 1.29 is 9.53 Å². The van der Waals surface area contributed by atoms with Crippen molar-refractivity contribution in [2.75, 3.05) is 6.61 Å². The molecular formula is C36H72O2. The van der Waals surface area contributed by atoms with Crippen molar-refractivity contribution in [3.05, 3.63) is 0 Å². The molecule has 0 amide bonds. The Bertz CT molecular complexity index is 433. The summed E-state index contributed by atoms with van der Waals surface area (Å²) < 4.78 is 5.36. The number of hydrogen-bond acceptors (Lipinski definition) is 2. The van der Waals surface area contributed by atoms with E-state index in [9.17, 15) is 4.79 Å². The third-order valence-electron chi connectivity index (χ3n) is 8.25. The van der Waals surface area contributed by atoms with Crippen LogP contribution in [0.2, 0.25) is 0 Å². The lowest BCUT2D eigenvalue weighted by Crippen LogP contribution is -2.05. The molecule has 0 radical (unpaired) electrons. The van der Waals surface area contributed by atoms with Crippen LogP contribution in [0.25, 0.3) is 0 Å². The third-order valence-corrected chi connectivity index (χ3v) is 8.25. The summed E-state index contributed by atoms with van der Waals surface area (Å²) in [5.74, 6) is 0.0210. The topological polar surface area (TPSA) is 26.3 Å². The highest BCUT2D eigenvalue weighted by Gasteiger charge is 2.02. The van der Waals surface area contributed by atoms with Gasteiger partial charge in [-0.1, -0.05) is 200 Å². The van der Waals surface area contributed by atoms with Crippen LogP contribution in [0.5, 0.6) is 0 Å². The van der Waals surface area contributed by atoms with Gasteiger partial charge in [-0.05, 0) is 12.8 Å². The summed E-state index contributed by atoms with van der Waals surface area (Å²) >= 11 is 0. The maximum atomic E-state index is 11.8. The molecule has 2 nitrogen and oxygen atoms in total. The van der Waals surface area contributed by atoms with E-state index in [1.807, 2.05) is 0 Å². The molecule has 0 aliphatic heterocycles. The molecule has 0 atom stereocenters. The van der Waals surface area contributed by atoms with E-state index in [1.54, 1.807) is 0 Å². The van der Waals surface area contributed by atoms with E-state index < -0.39 is 0 Å². The van der Waals surface area contributed by atoms with Crippen LogP contribution in [-0.2, 0) is 9.53 Å². The summed E-state index contributed by atoms with van der Waals surface area (Å²) in [6.45, 7) is 5.17. The summed E-state index contributed by atoms with van der Waals surface area (Å²) in [7, 11) is 0. The molecule has 0 aliphatic carbocycles. The number of hydrogen-bond donors (Lipinski definition) is 0. The lowest BCUT2D eigenvalue weighted by Gasteiger charge is -2.05. The fourth-order valence-corrected chi connectivity index (χ4v) is 5.55. The van der Waals surface area contributed by atoms with E-state index >= 15 is 0 Å². The number of carbonyl (C=O) groups is 1. The van der Waals surface area contributed by atoms with Gasteiger partial charge in [0.05, 0.1) is 6.61 Å². The smallest absolute Gasteiger partial charge is 0.305 e. The fourth-order valence-electron chi connectivity index (χ4n) is 5.55. The fraction of sp³-hybridized carbons (Fsp3) is 0.972. The monoisotopic (exact) mass is 537 g/mol. The minimum atomic E-state index is 0.0210. The van der Waals surface area contributed by atoms with Gasteiger partial charge in [0.25, 0.3) is 0 Å². The van der Waals surface area contributed by atoms with Gasteiger partial charge in [0.15, 0.2) is 0 Å². The van der Waals surface area contributed by atoms with Crippen molar-refractivity contribution in [1.82, 2.24) is 0 Å². The maximum absolute atomic E-state index is 11.8. The zero-order valence-corrected chi connectivity index (χ0v) is 26.7. The molecule has 0 fully saturated rings. The van der Waals surface area contributed by atoms with Crippen LogP contribution in [0.15, 0.2) is 0 Å². The number of carbonyl (C=O) groups excluding carboxylic acids is 1. The second kappa shape index (κ2) is 34.5. The van der Waals surface area contributed by atoms with Crippen molar-refractivity contribution in [1.29, 1.82) is 0 Å². The molecule has 0 N–H and O–H groups in total. The number of esters is 1. The zero-order chi connectivity index (χ0) is 27.6. The molecule has 0 heterocycles. The van der Waals surface area contributed by atoms with Crippen LogP contribution in [0.4, 0.5) is 0 Å². The lowest BCUT2D eigenvalue weighted by molar-refractivity contribution is -0.143. The quantitative estimate of drug-likeness (QED) is 0.0615. The summed E-state index contributed by atoms with van der Waals surface area (Å²) in [5, 5.41) is 0. The molecule has 0 saturated carbocycles. The van der Waals surface area contributed by atoms with Gasteiger partial charge < -0.3 is 4.74 Å². The lowest BCUT2D eigenvalue weighted by atomic mass is 10.0. The first-order chi connectivity index (χ1) is 18.8. The highest BCUT2D eigenvalue weighted by atomic mass is 16.5. The first-order valence-electron chi connectivity index (χ1n) is 18.0. The Morgan fingerprint density at radius 1 is 0.342 bits per heavy atom. The van der Waals surface area contributed by atoms with Gasteiger partial charge in [-0.25, -0.2) is 0 Å². The SMILES string of the molecule is CCCCCCCCCCCCCCCCCCCCCCCCCCCC(=O)OCCCCCCCC. The Kier molecular flexibility index (Phi) is 34.0. The van der Waals surface area contributed by atoms with Crippen LogP contribution in [0.1, 0.15) is 219 Å². The van der Waals surface area contributed by atoms with Crippen LogP contribution in [-0.4, -0.2) is 12.6 Å². The van der Waals surface area contributed by atoms with E-state index in [4.69, 9.17) is 4.74 Å². The van der Waals surface area contributed by atoms with Crippen molar-refractivity contribution in [3.63, 3.8) is 0 Å². The molecule has 0 rings (SSSR count). The second-order valence-corrected chi connectivity index (χ2v) is 12.2. The van der Waals surface area contributed by atoms with E-state index in [-0.39, 0.29) is 5.97 Å². The predicted molar refractivity (Wildman–Crippen MR) is 170 cm³/mol. The van der Waals surface area contributed by atoms with E-state index in [2.05, 4.69) is 13.8 Å². The summed E-state index contributed by atoms with van der Waals surface area (Å²) in [6, 6.07) is 0. The maximum Gasteiger partial charge on any atom is 0.305 e. The van der Waals surface area contributed by atoms with E-state index in [1.165, 1.54) is 186 Å². The number of ether oxygens (including phenoxy) is 1. The van der Waals surface area contributed by atoms with Crippen LogP contribution < -0.4 is 0 Å². The van der Waals surface area contributed by atoms with E-state index in [0.29, 0.717) is 13.0 Å². The first-order valence-corrected chi connectivity index (χ1v) is 18.0. The molecule has 0 aromatic carbocycles.